The van der Waals surface area contributed by atoms with Gasteiger partial charge in [0, 0.05) is 28.4 Å². The number of aromatic hydroxyl groups is 1. The molecule has 1 unspecified atom stereocenters. The van der Waals surface area contributed by atoms with E-state index in [0.717, 1.165) is 12.1 Å². The summed E-state index contributed by atoms with van der Waals surface area (Å²) in [5.41, 5.74) is 6.51. The number of hydrogen-bond acceptors (Lipinski definition) is 6. The minimum absolute atomic E-state index is 0.0670. The van der Waals surface area contributed by atoms with Crippen molar-refractivity contribution in [2.45, 2.75) is 4.90 Å². The molecule has 128 valence electrons. The molecule has 1 atom stereocenters. The second kappa shape index (κ2) is 5.83. The first-order chi connectivity index (χ1) is 11.7. The van der Waals surface area contributed by atoms with Gasteiger partial charge in [0.25, 0.3) is 10.1 Å². The van der Waals surface area contributed by atoms with Crippen LogP contribution >= 0.6 is 0 Å². The molecular formula is C17H14N2O5S. The van der Waals surface area contributed by atoms with Crippen LogP contribution in [0.1, 0.15) is 21.5 Å². The Morgan fingerprint density at radius 2 is 1.92 bits per heavy atom. The van der Waals surface area contributed by atoms with Gasteiger partial charge in [-0.3, -0.25) is 9.35 Å². The number of hydrogen-bond donors (Lipinski definition) is 4. The second-order valence-electron chi connectivity index (χ2n) is 5.62. The third-order valence-electron chi connectivity index (χ3n) is 3.94. The minimum Gasteiger partial charge on any atom is -0.507 e. The Bertz CT molecular complexity index is 1040. The molecule has 8 heteroatoms. The van der Waals surface area contributed by atoms with Crippen LogP contribution in [-0.2, 0) is 10.1 Å². The number of benzene rings is 2. The molecule has 1 aliphatic rings. The summed E-state index contributed by atoms with van der Waals surface area (Å²) in [6.07, 6.45) is 2.91. The average Bonchev–Trinajstić information content (AvgIpc) is 2.54. The summed E-state index contributed by atoms with van der Waals surface area (Å²) in [5.74, 6) is -1.73. The summed E-state index contributed by atoms with van der Waals surface area (Å²) >= 11 is 0. The zero-order valence-corrected chi connectivity index (χ0v) is 13.6. The van der Waals surface area contributed by atoms with Gasteiger partial charge in [-0.2, -0.15) is 8.42 Å². The Labute approximate surface area is 143 Å². The maximum absolute atomic E-state index is 12.7. The summed E-state index contributed by atoms with van der Waals surface area (Å²) in [6.45, 7) is 0. The van der Waals surface area contributed by atoms with Crippen molar-refractivity contribution >= 4 is 33.4 Å². The number of carbonyl (C=O) groups excluding carboxylic acids is 1. The van der Waals surface area contributed by atoms with E-state index in [9.17, 15) is 22.9 Å². The minimum atomic E-state index is -4.56. The number of allylic oxidation sites excluding steroid dienone is 1. The van der Waals surface area contributed by atoms with Crippen LogP contribution in [0, 0.1) is 11.3 Å². The summed E-state index contributed by atoms with van der Waals surface area (Å²) in [6, 6.07) is 8.27. The van der Waals surface area contributed by atoms with E-state index in [1.54, 1.807) is 18.2 Å². The van der Waals surface area contributed by atoms with Crippen LogP contribution in [0.5, 0.6) is 5.75 Å². The number of Topliss-reactive ketones (excluding diaryl/α,β-unsaturated/α-hetero) is 1. The molecule has 7 nitrogen and oxygen atoms in total. The number of carbonyl (C=O) groups is 1. The van der Waals surface area contributed by atoms with Crippen LogP contribution in [0.3, 0.4) is 0 Å². The zero-order valence-electron chi connectivity index (χ0n) is 12.8. The van der Waals surface area contributed by atoms with Crippen molar-refractivity contribution in [2.24, 2.45) is 5.92 Å². The predicted molar refractivity (Wildman–Crippen MR) is 92.5 cm³/mol. The average molecular weight is 358 g/mol. The highest BCUT2D eigenvalue weighted by atomic mass is 32.2. The van der Waals surface area contributed by atoms with E-state index in [1.807, 2.05) is 0 Å². The summed E-state index contributed by atoms with van der Waals surface area (Å²) in [5, 5.41) is 18.2. The molecule has 0 saturated carbocycles. The van der Waals surface area contributed by atoms with E-state index >= 15 is 0 Å². The molecule has 0 saturated heterocycles. The van der Waals surface area contributed by atoms with E-state index in [-0.39, 0.29) is 22.6 Å². The number of nitrogens with two attached hydrogens (primary N) is 1. The van der Waals surface area contributed by atoms with Crippen molar-refractivity contribution in [1.82, 2.24) is 0 Å². The molecule has 3 rings (SSSR count). The van der Waals surface area contributed by atoms with E-state index in [2.05, 4.69) is 0 Å². The Morgan fingerprint density at radius 1 is 1.20 bits per heavy atom. The molecule has 1 aliphatic carbocycles. The van der Waals surface area contributed by atoms with Gasteiger partial charge in [-0.05, 0) is 18.2 Å². The molecule has 0 fully saturated rings. The smallest absolute Gasteiger partial charge is 0.294 e. The van der Waals surface area contributed by atoms with Crippen molar-refractivity contribution in [1.29, 1.82) is 5.41 Å². The van der Waals surface area contributed by atoms with E-state index in [4.69, 9.17) is 11.1 Å². The van der Waals surface area contributed by atoms with Crippen molar-refractivity contribution in [3.8, 4) is 5.75 Å². The highest BCUT2D eigenvalue weighted by molar-refractivity contribution is 7.85. The maximum atomic E-state index is 12.7. The first-order valence-corrected chi connectivity index (χ1v) is 8.64. The van der Waals surface area contributed by atoms with Gasteiger partial charge in [-0.25, -0.2) is 0 Å². The van der Waals surface area contributed by atoms with Crippen LogP contribution in [0.2, 0.25) is 0 Å². The lowest BCUT2D eigenvalue weighted by Gasteiger charge is -2.21. The van der Waals surface area contributed by atoms with Crippen molar-refractivity contribution in [2.75, 3.05) is 5.73 Å². The Hall–Kier alpha value is -2.97. The Kier molecular flexibility index (Phi) is 3.94. The van der Waals surface area contributed by atoms with Gasteiger partial charge in [0.2, 0.25) is 0 Å². The number of phenols is 1. The fourth-order valence-electron chi connectivity index (χ4n) is 2.71. The third kappa shape index (κ3) is 3.04. The normalized spacial score (nSPS) is 16.5. The Morgan fingerprint density at radius 3 is 2.56 bits per heavy atom. The SMILES string of the molecule is N=C1c2cc(S(=O)(=O)O)cc(O)c2C=CC1C(=O)c1cccc(N)c1. The summed E-state index contributed by atoms with van der Waals surface area (Å²) in [4.78, 5) is 12.1. The molecule has 25 heavy (non-hydrogen) atoms. The van der Waals surface area contributed by atoms with Crippen molar-refractivity contribution in [3.05, 3.63) is 59.2 Å². The molecule has 0 aliphatic heterocycles. The monoisotopic (exact) mass is 358 g/mol. The summed E-state index contributed by atoms with van der Waals surface area (Å²) in [7, 11) is -4.56. The van der Waals surface area contributed by atoms with Crippen molar-refractivity contribution < 1.29 is 22.9 Å². The molecule has 2 aromatic carbocycles. The number of nitrogens with one attached hydrogen (secondary N) is 1. The van der Waals surface area contributed by atoms with Gasteiger partial charge < -0.3 is 16.2 Å². The molecular weight excluding hydrogens is 344 g/mol. The molecule has 0 heterocycles. The molecule has 0 spiro atoms. The molecule has 2 aromatic rings. The number of anilines is 1. The summed E-state index contributed by atoms with van der Waals surface area (Å²) < 4.78 is 31.8. The fourth-order valence-corrected chi connectivity index (χ4v) is 3.23. The highest BCUT2D eigenvalue weighted by Crippen LogP contribution is 2.33. The number of rotatable bonds is 3. The van der Waals surface area contributed by atoms with Gasteiger partial charge in [-0.15, -0.1) is 0 Å². The lowest BCUT2D eigenvalue weighted by Crippen LogP contribution is -2.26. The topological polar surface area (TPSA) is 142 Å². The molecule has 0 radical (unpaired) electrons. The lowest BCUT2D eigenvalue weighted by molar-refractivity contribution is 0.0972. The van der Waals surface area contributed by atoms with Crippen LogP contribution in [0.15, 0.2) is 47.4 Å². The lowest BCUT2D eigenvalue weighted by atomic mass is 9.83. The van der Waals surface area contributed by atoms with Crippen LogP contribution in [0.25, 0.3) is 6.08 Å². The standard InChI is InChI=1S/C17H14N2O5S/c18-10-3-1-2-9(6-10)17(21)13-5-4-12-14(16(13)19)7-11(8-15(12)20)25(22,23)24/h1-8,13,19-20H,18H2,(H,22,23,24). The van der Waals surface area contributed by atoms with E-state index in [1.165, 1.54) is 18.2 Å². The van der Waals surface area contributed by atoms with Gasteiger partial charge in [0.15, 0.2) is 5.78 Å². The fraction of sp³-hybridized carbons (Fsp3) is 0.0588. The molecule has 0 amide bonds. The molecule has 0 aromatic heterocycles. The number of ketones is 1. The number of phenolic OH excluding ortho intramolecular Hbond substituents is 1. The molecule has 0 bridgehead atoms. The number of nitrogen functional groups attached to an aromatic ring is 1. The molecule has 5 N–H and O–H groups in total. The Balaban J connectivity index is 2.07. The van der Waals surface area contributed by atoms with Gasteiger partial charge in [-0.1, -0.05) is 24.3 Å². The van der Waals surface area contributed by atoms with Crippen molar-refractivity contribution in [3.63, 3.8) is 0 Å². The third-order valence-corrected chi connectivity index (χ3v) is 4.77. The van der Waals surface area contributed by atoms with Crippen LogP contribution < -0.4 is 5.73 Å². The van der Waals surface area contributed by atoms with Gasteiger partial charge in [0.1, 0.15) is 5.75 Å². The van der Waals surface area contributed by atoms with E-state index in [0.29, 0.717) is 11.3 Å². The highest BCUT2D eigenvalue weighted by Gasteiger charge is 2.30. The van der Waals surface area contributed by atoms with Gasteiger partial charge in [0.05, 0.1) is 16.5 Å². The first-order valence-electron chi connectivity index (χ1n) is 7.20. The first kappa shape index (κ1) is 16.9. The maximum Gasteiger partial charge on any atom is 0.294 e. The van der Waals surface area contributed by atoms with Crippen LogP contribution in [-0.4, -0.2) is 29.6 Å². The van der Waals surface area contributed by atoms with Gasteiger partial charge >= 0.3 is 0 Å². The van der Waals surface area contributed by atoms with E-state index < -0.39 is 26.7 Å². The predicted octanol–water partition coefficient (Wildman–Crippen LogP) is 2.11. The second-order valence-corrected chi connectivity index (χ2v) is 7.04. The quantitative estimate of drug-likeness (QED) is 0.376. The zero-order chi connectivity index (χ0) is 18.4. The largest absolute Gasteiger partial charge is 0.507 e. The van der Waals surface area contributed by atoms with Crippen LogP contribution in [0.4, 0.5) is 5.69 Å². The number of fused-ring (bicyclic) bond motifs is 1.